The lowest BCUT2D eigenvalue weighted by molar-refractivity contribution is 0.669. The highest BCUT2D eigenvalue weighted by Gasteiger charge is 2.19. The Morgan fingerprint density at radius 2 is 0.789 bits per heavy atom. The van der Waals surface area contributed by atoms with Crippen LogP contribution in [0.4, 0.5) is 0 Å². The molecular formula is C53H33N3O. The predicted molar refractivity (Wildman–Crippen MR) is 235 cm³/mol. The molecule has 0 spiro atoms. The van der Waals surface area contributed by atoms with Crippen molar-refractivity contribution in [2.45, 2.75) is 0 Å². The highest BCUT2D eigenvalue weighted by Crippen LogP contribution is 2.39. The van der Waals surface area contributed by atoms with Gasteiger partial charge in [-0.2, -0.15) is 0 Å². The van der Waals surface area contributed by atoms with E-state index in [-0.39, 0.29) is 0 Å². The van der Waals surface area contributed by atoms with Gasteiger partial charge in [0.15, 0.2) is 17.5 Å². The van der Waals surface area contributed by atoms with Crippen LogP contribution in [0.3, 0.4) is 0 Å². The molecule has 0 bridgehead atoms. The van der Waals surface area contributed by atoms with Gasteiger partial charge < -0.3 is 4.42 Å². The third kappa shape index (κ3) is 5.74. The Morgan fingerprint density at radius 1 is 0.281 bits per heavy atom. The van der Waals surface area contributed by atoms with E-state index in [1.165, 1.54) is 38.4 Å². The van der Waals surface area contributed by atoms with Gasteiger partial charge in [0.1, 0.15) is 11.2 Å². The highest BCUT2D eigenvalue weighted by atomic mass is 16.3. The minimum Gasteiger partial charge on any atom is -0.456 e. The molecule has 0 N–H and O–H groups in total. The second kappa shape index (κ2) is 13.6. The number of furan rings is 1. The molecule has 57 heavy (non-hydrogen) atoms. The van der Waals surface area contributed by atoms with E-state index in [9.17, 15) is 0 Å². The lowest BCUT2D eigenvalue weighted by Gasteiger charge is -2.14. The molecular weight excluding hydrogens is 695 g/mol. The fraction of sp³-hybridized carbons (Fsp3) is 0. The van der Waals surface area contributed by atoms with E-state index in [1.807, 2.05) is 30.3 Å². The number of fused-ring (bicyclic) bond motifs is 5. The highest BCUT2D eigenvalue weighted by molar-refractivity contribution is 6.12. The van der Waals surface area contributed by atoms with Crippen LogP contribution in [0.1, 0.15) is 0 Å². The lowest BCUT2D eigenvalue weighted by Crippen LogP contribution is -2.00. The monoisotopic (exact) mass is 727 g/mol. The summed E-state index contributed by atoms with van der Waals surface area (Å²) in [6, 6.07) is 70.0. The average molecular weight is 728 g/mol. The first kappa shape index (κ1) is 32.7. The van der Waals surface area contributed by atoms with Crippen molar-refractivity contribution in [3.8, 4) is 67.5 Å². The molecule has 0 aliphatic heterocycles. The smallest absolute Gasteiger partial charge is 0.164 e. The van der Waals surface area contributed by atoms with E-state index in [2.05, 4.69) is 170 Å². The Labute approximate surface area is 329 Å². The largest absolute Gasteiger partial charge is 0.456 e. The molecule has 0 unspecified atom stereocenters. The fourth-order valence-corrected chi connectivity index (χ4v) is 8.25. The molecule has 11 rings (SSSR count). The lowest BCUT2D eigenvalue weighted by atomic mass is 9.91. The minimum atomic E-state index is 0.591. The number of hydrogen-bond donors (Lipinski definition) is 0. The Balaban J connectivity index is 1.10. The SMILES string of the molecule is c1ccc(-c2cccc3cc(-c4nc(-c5cccc(-c6ccc(-c7ccccc7)c7ccccc67)c5)nc(-c5cccc6oc7ccccc7c56)n4)ccc23)cc1. The van der Waals surface area contributed by atoms with Gasteiger partial charge in [-0.05, 0) is 79.2 Å². The number of hydrogen-bond acceptors (Lipinski definition) is 4. The van der Waals surface area contributed by atoms with Crippen LogP contribution in [-0.4, -0.2) is 15.0 Å². The van der Waals surface area contributed by atoms with Gasteiger partial charge in [0.2, 0.25) is 0 Å². The molecule has 0 saturated carbocycles. The molecule has 0 radical (unpaired) electrons. The van der Waals surface area contributed by atoms with Crippen molar-refractivity contribution in [1.29, 1.82) is 0 Å². The summed E-state index contributed by atoms with van der Waals surface area (Å²) in [5.41, 5.74) is 11.4. The van der Waals surface area contributed by atoms with Crippen LogP contribution in [0, 0.1) is 0 Å². The van der Waals surface area contributed by atoms with E-state index in [1.54, 1.807) is 0 Å². The van der Waals surface area contributed by atoms with Gasteiger partial charge in [-0.25, -0.2) is 15.0 Å². The topological polar surface area (TPSA) is 51.8 Å². The summed E-state index contributed by atoms with van der Waals surface area (Å²) >= 11 is 0. The summed E-state index contributed by atoms with van der Waals surface area (Å²) in [4.78, 5) is 15.7. The second-order valence-electron chi connectivity index (χ2n) is 14.3. The Hall–Kier alpha value is -7.69. The van der Waals surface area contributed by atoms with Gasteiger partial charge in [0, 0.05) is 27.5 Å². The van der Waals surface area contributed by atoms with E-state index in [0.717, 1.165) is 55.1 Å². The molecule has 11 aromatic rings. The minimum absolute atomic E-state index is 0.591. The first-order valence-corrected chi connectivity index (χ1v) is 19.2. The number of para-hydroxylation sites is 1. The predicted octanol–water partition coefficient (Wildman–Crippen LogP) is 14.1. The zero-order valence-electron chi connectivity index (χ0n) is 30.8. The molecule has 0 fully saturated rings. The summed E-state index contributed by atoms with van der Waals surface area (Å²) in [6.07, 6.45) is 0. The van der Waals surface area contributed by atoms with E-state index >= 15 is 0 Å². The van der Waals surface area contributed by atoms with Crippen LogP contribution in [0.5, 0.6) is 0 Å². The average Bonchev–Trinajstić information content (AvgIpc) is 3.68. The van der Waals surface area contributed by atoms with Crippen molar-refractivity contribution in [1.82, 2.24) is 15.0 Å². The summed E-state index contributed by atoms with van der Waals surface area (Å²) in [5, 5.41) is 6.71. The van der Waals surface area contributed by atoms with Gasteiger partial charge in [0.05, 0.1) is 0 Å². The van der Waals surface area contributed by atoms with Crippen LogP contribution in [0.2, 0.25) is 0 Å². The number of nitrogens with zero attached hydrogens (tertiary/aromatic N) is 3. The van der Waals surface area contributed by atoms with Gasteiger partial charge in [-0.15, -0.1) is 0 Å². The molecule has 4 nitrogen and oxygen atoms in total. The number of rotatable bonds is 6. The Morgan fingerprint density at radius 3 is 1.53 bits per heavy atom. The maximum atomic E-state index is 6.31. The van der Waals surface area contributed by atoms with Crippen LogP contribution < -0.4 is 0 Å². The van der Waals surface area contributed by atoms with Crippen molar-refractivity contribution in [2.24, 2.45) is 0 Å². The zero-order chi connectivity index (χ0) is 37.7. The van der Waals surface area contributed by atoms with Crippen LogP contribution in [0.25, 0.3) is 111 Å². The van der Waals surface area contributed by atoms with Crippen LogP contribution in [0.15, 0.2) is 205 Å². The van der Waals surface area contributed by atoms with Crippen molar-refractivity contribution >= 4 is 43.5 Å². The molecule has 0 aliphatic rings. The van der Waals surface area contributed by atoms with Gasteiger partial charge >= 0.3 is 0 Å². The Kier molecular flexibility index (Phi) is 7.78. The first-order valence-electron chi connectivity index (χ1n) is 19.2. The fourth-order valence-electron chi connectivity index (χ4n) is 8.25. The van der Waals surface area contributed by atoms with Crippen LogP contribution in [-0.2, 0) is 0 Å². The van der Waals surface area contributed by atoms with Crippen molar-refractivity contribution < 1.29 is 4.42 Å². The molecule has 2 aromatic heterocycles. The third-order valence-corrected chi connectivity index (χ3v) is 10.9. The van der Waals surface area contributed by atoms with Crippen LogP contribution >= 0.6 is 0 Å². The number of aromatic nitrogens is 3. The van der Waals surface area contributed by atoms with Gasteiger partial charge in [0.25, 0.3) is 0 Å². The Bertz CT molecular complexity index is 3300. The molecule has 2 heterocycles. The quantitative estimate of drug-likeness (QED) is 0.171. The van der Waals surface area contributed by atoms with Crippen molar-refractivity contribution in [3.05, 3.63) is 200 Å². The van der Waals surface area contributed by atoms with Gasteiger partial charge in [-0.3, -0.25) is 0 Å². The molecule has 0 saturated heterocycles. The zero-order valence-corrected chi connectivity index (χ0v) is 30.8. The summed E-state index contributed by atoms with van der Waals surface area (Å²) < 4.78 is 6.31. The van der Waals surface area contributed by atoms with E-state index in [0.29, 0.717) is 17.5 Å². The van der Waals surface area contributed by atoms with Crippen molar-refractivity contribution in [2.75, 3.05) is 0 Å². The maximum Gasteiger partial charge on any atom is 0.164 e. The first-order chi connectivity index (χ1) is 28.2. The molecule has 0 aliphatic carbocycles. The standard InChI is InChI=1S/C53H33N3O/c1-3-14-34(15-4-1)40-24-12-19-36-33-39(28-29-42(36)40)52-54-51(55-53(56-52)47-25-13-27-49-50(47)46-23-9-10-26-48(46)57-49)38-20-11-18-37(32-38)43-31-30-41(35-16-5-2-6-17-35)44-21-7-8-22-45(43)44/h1-33H. The summed E-state index contributed by atoms with van der Waals surface area (Å²) in [5.74, 6) is 1.80. The summed E-state index contributed by atoms with van der Waals surface area (Å²) in [7, 11) is 0. The molecule has 9 aromatic carbocycles. The maximum absolute atomic E-state index is 6.31. The van der Waals surface area contributed by atoms with Crippen molar-refractivity contribution in [3.63, 3.8) is 0 Å². The molecule has 4 heteroatoms. The van der Waals surface area contributed by atoms with E-state index < -0.39 is 0 Å². The molecule has 0 amide bonds. The third-order valence-electron chi connectivity index (χ3n) is 10.9. The van der Waals surface area contributed by atoms with E-state index in [4.69, 9.17) is 19.4 Å². The second-order valence-corrected chi connectivity index (χ2v) is 14.3. The molecule has 266 valence electrons. The normalized spacial score (nSPS) is 11.5. The molecule has 0 atom stereocenters. The summed E-state index contributed by atoms with van der Waals surface area (Å²) in [6.45, 7) is 0. The number of benzene rings is 9. The van der Waals surface area contributed by atoms with Gasteiger partial charge in [-0.1, -0.05) is 176 Å².